The van der Waals surface area contributed by atoms with E-state index in [1.807, 2.05) is 0 Å². The molecular weight excluding hydrogens is 613 g/mol. The summed E-state index contributed by atoms with van der Waals surface area (Å²) in [6, 6.07) is 0. The van der Waals surface area contributed by atoms with Gasteiger partial charge in [0.2, 0.25) is 0 Å². The number of unbranched alkanes of at least 4 members (excludes halogenated alkanes) is 13. The Morgan fingerprint density at radius 3 is 2.12 bits per heavy atom. The van der Waals surface area contributed by atoms with Gasteiger partial charge in [-0.1, -0.05) is 149 Å². The van der Waals surface area contributed by atoms with E-state index in [-0.39, 0.29) is 6.10 Å². The summed E-state index contributed by atoms with van der Waals surface area (Å²) < 4.78 is 11.5. The SMILES string of the molecule is CCCCCCCCC/C=C/CCCCCCCCOC(=O)OC1CC[C@@]2(C)C(=CC[C@H]3[C@@H]4CC[C@H]([C@H](C)CCCC(C)C)[C@@]4(C)CC[C@@H]32)C1. The van der Waals surface area contributed by atoms with Crippen molar-refractivity contribution in [3.05, 3.63) is 23.8 Å². The number of ether oxygens (including phenoxy) is 2. The van der Waals surface area contributed by atoms with Gasteiger partial charge in [0.25, 0.3) is 0 Å². The number of carbonyl (C=O) groups is 1. The van der Waals surface area contributed by atoms with Crippen LogP contribution in [0.3, 0.4) is 0 Å². The molecule has 3 nitrogen and oxygen atoms in total. The van der Waals surface area contributed by atoms with Gasteiger partial charge in [-0.2, -0.15) is 0 Å². The summed E-state index contributed by atoms with van der Waals surface area (Å²) in [7, 11) is 0. The van der Waals surface area contributed by atoms with Crippen LogP contribution in [0.4, 0.5) is 4.79 Å². The van der Waals surface area contributed by atoms with Crippen molar-refractivity contribution in [3.8, 4) is 0 Å². The van der Waals surface area contributed by atoms with Crippen molar-refractivity contribution in [1.29, 1.82) is 0 Å². The maximum absolute atomic E-state index is 12.6. The van der Waals surface area contributed by atoms with Gasteiger partial charge in [-0.25, -0.2) is 4.79 Å². The highest BCUT2D eigenvalue weighted by atomic mass is 16.7. The van der Waals surface area contributed by atoms with Crippen LogP contribution in [0.25, 0.3) is 0 Å². The average Bonchev–Trinajstić information content (AvgIpc) is 3.45. The van der Waals surface area contributed by atoms with Gasteiger partial charge in [-0.05, 0) is 123 Å². The standard InChI is InChI=1S/C47H82O3/c1-7-8-9-10-11-12-13-14-15-16-17-18-19-20-21-22-23-35-49-45(48)50-40-31-33-46(5)39(36-40)27-28-41-43-30-29-42(38(4)26-24-25-37(2)3)47(43,6)34-32-44(41)46/h15-16,27,37-38,40-44H,7-14,17-26,28-36H2,1-6H3/b16-15+/t38-,40?,41+,42-,43+,44+,46+,47-/m1/s1. The first-order chi connectivity index (χ1) is 24.2. The van der Waals surface area contributed by atoms with Crippen molar-refractivity contribution < 1.29 is 14.3 Å². The third-order valence-corrected chi connectivity index (χ3v) is 14.6. The van der Waals surface area contributed by atoms with Crippen LogP contribution < -0.4 is 0 Å². The first-order valence-electron chi connectivity index (χ1n) is 22.4. The predicted octanol–water partition coefficient (Wildman–Crippen LogP) is 15.0. The molecule has 0 spiro atoms. The van der Waals surface area contributed by atoms with Crippen molar-refractivity contribution in [2.45, 2.75) is 215 Å². The Labute approximate surface area is 311 Å². The largest absolute Gasteiger partial charge is 0.508 e. The number of rotatable bonds is 23. The summed E-state index contributed by atoms with van der Waals surface area (Å²) in [5, 5.41) is 0. The molecular formula is C47H82O3. The zero-order valence-electron chi connectivity index (χ0n) is 34.1. The van der Waals surface area contributed by atoms with Crippen molar-refractivity contribution in [2.24, 2.45) is 46.3 Å². The Hall–Kier alpha value is -1.25. The van der Waals surface area contributed by atoms with Gasteiger partial charge in [0.05, 0.1) is 6.61 Å². The summed E-state index contributed by atoms with van der Waals surface area (Å²) in [6.07, 6.45) is 40.6. The highest BCUT2D eigenvalue weighted by Crippen LogP contribution is 2.67. The number of carbonyl (C=O) groups excluding carboxylic acids is 1. The Morgan fingerprint density at radius 1 is 0.780 bits per heavy atom. The van der Waals surface area contributed by atoms with Crippen LogP contribution in [0.1, 0.15) is 208 Å². The maximum atomic E-state index is 12.6. The van der Waals surface area contributed by atoms with E-state index in [1.165, 1.54) is 135 Å². The molecule has 0 aliphatic heterocycles. The monoisotopic (exact) mass is 695 g/mol. The summed E-state index contributed by atoms with van der Waals surface area (Å²) in [6.45, 7) is 15.4. The van der Waals surface area contributed by atoms with Crippen molar-refractivity contribution >= 4 is 6.16 Å². The van der Waals surface area contributed by atoms with Gasteiger partial charge in [0.1, 0.15) is 6.10 Å². The second-order valence-corrected chi connectivity index (χ2v) is 18.7. The van der Waals surface area contributed by atoms with Gasteiger partial charge in [0.15, 0.2) is 0 Å². The average molecular weight is 695 g/mol. The van der Waals surface area contributed by atoms with E-state index < -0.39 is 6.16 Å². The van der Waals surface area contributed by atoms with Gasteiger partial charge in [-0.3, -0.25) is 0 Å². The number of hydrogen-bond donors (Lipinski definition) is 0. The third kappa shape index (κ3) is 11.9. The molecule has 0 saturated heterocycles. The van der Waals surface area contributed by atoms with Crippen molar-refractivity contribution in [2.75, 3.05) is 6.61 Å². The van der Waals surface area contributed by atoms with Gasteiger partial charge in [0, 0.05) is 6.42 Å². The molecule has 3 saturated carbocycles. The van der Waals surface area contributed by atoms with E-state index in [1.54, 1.807) is 5.57 Å². The van der Waals surface area contributed by atoms with E-state index in [4.69, 9.17) is 9.47 Å². The molecule has 0 radical (unpaired) electrons. The zero-order valence-corrected chi connectivity index (χ0v) is 34.1. The Bertz CT molecular complexity index is 1030. The van der Waals surface area contributed by atoms with Gasteiger partial charge < -0.3 is 9.47 Å². The second kappa shape index (κ2) is 21.5. The van der Waals surface area contributed by atoms with E-state index >= 15 is 0 Å². The topological polar surface area (TPSA) is 35.5 Å². The molecule has 0 aromatic rings. The minimum absolute atomic E-state index is 0.0145. The van der Waals surface area contributed by atoms with Crippen molar-refractivity contribution in [1.82, 2.24) is 0 Å². The lowest BCUT2D eigenvalue weighted by molar-refractivity contribution is -0.0617. The summed E-state index contributed by atoms with van der Waals surface area (Å²) >= 11 is 0. The van der Waals surface area contributed by atoms with Crippen LogP contribution >= 0.6 is 0 Å². The second-order valence-electron chi connectivity index (χ2n) is 18.7. The van der Waals surface area contributed by atoms with Gasteiger partial charge in [-0.15, -0.1) is 0 Å². The quantitative estimate of drug-likeness (QED) is 0.0607. The lowest BCUT2D eigenvalue weighted by Crippen LogP contribution is -2.51. The molecule has 288 valence electrons. The molecule has 0 amide bonds. The molecule has 1 unspecified atom stereocenters. The van der Waals surface area contributed by atoms with E-state index in [2.05, 4.69) is 59.8 Å². The van der Waals surface area contributed by atoms with Crippen molar-refractivity contribution in [3.63, 3.8) is 0 Å². The first kappa shape index (κ1) is 41.5. The molecule has 3 heteroatoms. The molecule has 3 fully saturated rings. The lowest BCUT2D eigenvalue weighted by atomic mass is 9.47. The number of allylic oxidation sites excluding steroid dienone is 3. The van der Waals surface area contributed by atoms with E-state index in [0.717, 1.165) is 67.6 Å². The highest BCUT2D eigenvalue weighted by Gasteiger charge is 2.59. The Kier molecular flexibility index (Phi) is 17.8. The lowest BCUT2D eigenvalue weighted by Gasteiger charge is -2.58. The summed E-state index contributed by atoms with van der Waals surface area (Å²) in [5.41, 5.74) is 2.42. The molecule has 8 atom stereocenters. The van der Waals surface area contributed by atoms with Crippen LogP contribution in [-0.2, 0) is 9.47 Å². The van der Waals surface area contributed by atoms with Crippen LogP contribution in [0, 0.1) is 46.3 Å². The zero-order chi connectivity index (χ0) is 35.8. The number of fused-ring (bicyclic) bond motifs is 5. The highest BCUT2D eigenvalue weighted by molar-refractivity contribution is 5.60. The minimum Gasteiger partial charge on any atom is -0.434 e. The Balaban J connectivity index is 1.06. The molecule has 0 N–H and O–H groups in total. The molecule has 4 aliphatic carbocycles. The predicted molar refractivity (Wildman–Crippen MR) is 213 cm³/mol. The van der Waals surface area contributed by atoms with Crippen LogP contribution in [0.15, 0.2) is 23.8 Å². The minimum atomic E-state index is -0.441. The summed E-state index contributed by atoms with van der Waals surface area (Å²) in [4.78, 5) is 12.6. The van der Waals surface area contributed by atoms with E-state index in [9.17, 15) is 4.79 Å². The molecule has 0 heterocycles. The van der Waals surface area contributed by atoms with Crippen LogP contribution in [-0.4, -0.2) is 18.9 Å². The van der Waals surface area contributed by atoms with Gasteiger partial charge >= 0.3 is 6.16 Å². The smallest absolute Gasteiger partial charge is 0.434 e. The number of hydrogen-bond acceptors (Lipinski definition) is 3. The van der Waals surface area contributed by atoms with E-state index in [0.29, 0.717) is 17.4 Å². The fraction of sp³-hybridized carbons (Fsp3) is 0.894. The Morgan fingerprint density at radius 2 is 1.44 bits per heavy atom. The first-order valence-corrected chi connectivity index (χ1v) is 22.4. The van der Waals surface area contributed by atoms with Crippen LogP contribution in [0.2, 0.25) is 0 Å². The molecule has 50 heavy (non-hydrogen) atoms. The molecule has 0 aromatic carbocycles. The third-order valence-electron chi connectivity index (χ3n) is 14.6. The normalized spacial score (nSPS) is 31.3. The molecule has 4 rings (SSSR count). The molecule has 0 bridgehead atoms. The molecule has 4 aliphatic rings. The molecule has 0 aromatic heterocycles. The maximum Gasteiger partial charge on any atom is 0.508 e. The fourth-order valence-electron chi connectivity index (χ4n) is 11.6. The summed E-state index contributed by atoms with van der Waals surface area (Å²) in [5.74, 6) is 5.15. The van der Waals surface area contributed by atoms with Crippen LogP contribution in [0.5, 0.6) is 0 Å². The fourth-order valence-corrected chi connectivity index (χ4v) is 11.6.